The summed E-state index contributed by atoms with van der Waals surface area (Å²) in [6, 6.07) is 9.58. The molecule has 0 spiro atoms. The fraction of sp³-hybridized carbons (Fsp3) is 0.417. The number of carbonyl (C=O) groups is 1. The Morgan fingerprint density at radius 2 is 1.75 bits per heavy atom. The van der Waals surface area contributed by atoms with Crippen LogP contribution in [0.25, 0.3) is 0 Å². The predicted molar refractivity (Wildman–Crippen MR) is 60.7 cm³/mol. The standard InChI is InChI=1S/C12H17NO3/c1-12(2,10-8-6-5-7-9-10)16-15-11(14)13(3)4/h5-9H,1-4H3. The molecule has 0 radical (unpaired) electrons. The Morgan fingerprint density at radius 1 is 1.19 bits per heavy atom. The second-order valence-corrected chi connectivity index (χ2v) is 4.20. The number of hydrogen-bond donors (Lipinski definition) is 0. The highest BCUT2D eigenvalue weighted by atomic mass is 17.2. The fourth-order valence-corrected chi connectivity index (χ4v) is 1.10. The zero-order valence-electron chi connectivity index (χ0n) is 10.1. The van der Waals surface area contributed by atoms with Gasteiger partial charge in [-0.2, -0.15) is 4.89 Å². The summed E-state index contributed by atoms with van der Waals surface area (Å²) in [7, 11) is 3.20. The number of hydrogen-bond acceptors (Lipinski definition) is 3. The minimum Gasteiger partial charge on any atom is -0.312 e. The summed E-state index contributed by atoms with van der Waals surface area (Å²) in [5, 5.41) is 0. The van der Waals surface area contributed by atoms with E-state index in [1.807, 2.05) is 44.2 Å². The Bertz CT molecular complexity index is 347. The molecule has 0 unspecified atom stereocenters. The van der Waals surface area contributed by atoms with Crippen LogP contribution in [0.1, 0.15) is 19.4 Å². The van der Waals surface area contributed by atoms with E-state index in [1.165, 1.54) is 4.90 Å². The minimum absolute atomic E-state index is 0.524. The van der Waals surface area contributed by atoms with Gasteiger partial charge in [0, 0.05) is 14.1 Å². The number of nitrogens with zero attached hydrogens (tertiary/aromatic N) is 1. The van der Waals surface area contributed by atoms with Gasteiger partial charge in [0.2, 0.25) is 0 Å². The van der Waals surface area contributed by atoms with Crippen molar-refractivity contribution in [1.29, 1.82) is 0 Å². The van der Waals surface area contributed by atoms with Crippen LogP contribution in [0, 0.1) is 0 Å². The van der Waals surface area contributed by atoms with Gasteiger partial charge in [0.05, 0.1) is 0 Å². The Kier molecular flexibility index (Phi) is 3.90. The van der Waals surface area contributed by atoms with E-state index in [1.54, 1.807) is 14.1 Å². The summed E-state index contributed by atoms with van der Waals surface area (Å²) in [6.45, 7) is 3.68. The van der Waals surface area contributed by atoms with Crippen molar-refractivity contribution in [2.24, 2.45) is 0 Å². The molecule has 4 heteroatoms. The smallest absolute Gasteiger partial charge is 0.312 e. The second-order valence-electron chi connectivity index (χ2n) is 4.20. The third-order valence-corrected chi connectivity index (χ3v) is 2.16. The molecule has 88 valence electrons. The fourth-order valence-electron chi connectivity index (χ4n) is 1.10. The van der Waals surface area contributed by atoms with Crippen molar-refractivity contribution in [3.8, 4) is 0 Å². The van der Waals surface area contributed by atoms with Gasteiger partial charge in [-0.1, -0.05) is 30.3 Å². The van der Waals surface area contributed by atoms with E-state index in [9.17, 15) is 4.79 Å². The third-order valence-electron chi connectivity index (χ3n) is 2.16. The zero-order chi connectivity index (χ0) is 12.2. The molecule has 0 aliphatic carbocycles. The first-order chi connectivity index (χ1) is 7.43. The normalized spacial score (nSPS) is 11.0. The molecular weight excluding hydrogens is 206 g/mol. The highest BCUT2D eigenvalue weighted by Gasteiger charge is 2.24. The highest BCUT2D eigenvalue weighted by molar-refractivity contribution is 5.65. The van der Waals surface area contributed by atoms with Crippen LogP contribution in [-0.4, -0.2) is 25.1 Å². The second kappa shape index (κ2) is 4.99. The molecule has 1 amide bonds. The molecule has 0 bridgehead atoms. The minimum atomic E-state index is -0.660. The van der Waals surface area contributed by atoms with Gasteiger partial charge < -0.3 is 4.90 Å². The van der Waals surface area contributed by atoms with E-state index < -0.39 is 11.7 Å². The zero-order valence-corrected chi connectivity index (χ0v) is 10.1. The monoisotopic (exact) mass is 223 g/mol. The van der Waals surface area contributed by atoms with Gasteiger partial charge in [0.15, 0.2) is 0 Å². The topological polar surface area (TPSA) is 38.8 Å². The van der Waals surface area contributed by atoms with Gasteiger partial charge in [0.25, 0.3) is 0 Å². The Hall–Kier alpha value is -1.55. The lowest BCUT2D eigenvalue weighted by Crippen LogP contribution is -2.29. The van der Waals surface area contributed by atoms with Crippen molar-refractivity contribution in [1.82, 2.24) is 4.90 Å². The van der Waals surface area contributed by atoms with Crippen molar-refractivity contribution in [3.05, 3.63) is 35.9 Å². The average molecular weight is 223 g/mol. The summed E-state index contributed by atoms with van der Waals surface area (Å²) >= 11 is 0. The quantitative estimate of drug-likeness (QED) is 0.584. The molecule has 0 atom stereocenters. The summed E-state index contributed by atoms with van der Waals surface area (Å²) in [5.74, 6) is 0. The van der Waals surface area contributed by atoms with E-state index in [4.69, 9.17) is 9.78 Å². The van der Waals surface area contributed by atoms with Crippen LogP contribution in [0.15, 0.2) is 30.3 Å². The maximum absolute atomic E-state index is 11.2. The molecule has 0 aromatic heterocycles. The predicted octanol–water partition coefficient (Wildman–Crippen LogP) is 2.55. The van der Waals surface area contributed by atoms with Gasteiger partial charge in [-0.15, -0.1) is 0 Å². The molecule has 0 aliphatic rings. The molecule has 0 N–H and O–H groups in total. The van der Waals surface area contributed by atoms with Gasteiger partial charge in [-0.25, -0.2) is 4.79 Å². The van der Waals surface area contributed by atoms with Gasteiger partial charge >= 0.3 is 6.09 Å². The molecule has 4 nitrogen and oxygen atoms in total. The largest absolute Gasteiger partial charge is 0.440 e. The first-order valence-corrected chi connectivity index (χ1v) is 5.06. The lowest BCUT2D eigenvalue weighted by atomic mass is 9.99. The molecular formula is C12H17NO3. The summed E-state index contributed by atoms with van der Waals surface area (Å²) in [5.41, 5.74) is 0.286. The van der Waals surface area contributed by atoms with E-state index in [0.29, 0.717) is 0 Å². The van der Waals surface area contributed by atoms with Crippen molar-refractivity contribution in [2.45, 2.75) is 19.4 Å². The van der Waals surface area contributed by atoms with E-state index in [-0.39, 0.29) is 0 Å². The number of carbonyl (C=O) groups excluding carboxylic acids is 1. The van der Waals surface area contributed by atoms with E-state index in [2.05, 4.69) is 0 Å². The van der Waals surface area contributed by atoms with Crippen LogP contribution in [-0.2, 0) is 15.4 Å². The molecule has 1 rings (SSSR count). The summed E-state index contributed by atoms with van der Waals surface area (Å²) in [6.07, 6.45) is -0.524. The molecule has 0 fully saturated rings. The number of benzene rings is 1. The van der Waals surface area contributed by atoms with Crippen LogP contribution in [0.5, 0.6) is 0 Å². The van der Waals surface area contributed by atoms with Crippen LogP contribution in [0.2, 0.25) is 0 Å². The van der Waals surface area contributed by atoms with Crippen molar-refractivity contribution in [2.75, 3.05) is 14.1 Å². The number of rotatable bonds is 3. The molecule has 1 aromatic rings. The molecule has 0 saturated carbocycles. The molecule has 1 aromatic carbocycles. The lowest BCUT2D eigenvalue weighted by molar-refractivity contribution is -0.315. The molecule has 16 heavy (non-hydrogen) atoms. The van der Waals surface area contributed by atoms with Gasteiger partial charge in [0.1, 0.15) is 5.60 Å². The maximum atomic E-state index is 11.2. The third kappa shape index (κ3) is 3.24. The first kappa shape index (κ1) is 12.5. The Balaban J connectivity index is 2.63. The van der Waals surface area contributed by atoms with E-state index >= 15 is 0 Å². The summed E-state index contributed by atoms with van der Waals surface area (Å²) < 4.78 is 0. The van der Waals surface area contributed by atoms with Crippen molar-refractivity contribution < 1.29 is 14.6 Å². The maximum Gasteiger partial charge on any atom is 0.440 e. The highest BCUT2D eigenvalue weighted by Crippen LogP contribution is 2.24. The van der Waals surface area contributed by atoms with Crippen molar-refractivity contribution >= 4 is 6.09 Å². The van der Waals surface area contributed by atoms with E-state index in [0.717, 1.165) is 5.56 Å². The van der Waals surface area contributed by atoms with Crippen LogP contribution in [0.3, 0.4) is 0 Å². The average Bonchev–Trinajstić information content (AvgIpc) is 2.27. The number of amides is 1. The molecule has 0 heterocycles. The van der Waals surface area contributed by atoms with Crippen LogP contribution in [0.4, 0.5) is 4.79 Å². The van der Waals surface area contributed by atoms with Crippen LogP contribution < -0.4 is 0 Å². The van der Waals surface area contributed by atoms with Gasteiger partial charge in [-0.3, -0.25) is 4.89 Å². The Morgan fingerprint density at radius 3 is 2.25 bits per heavy atom. The lowest BCUT2D eigenvalue weighted by Gasteiger charge is -2.23. The van der Waals surface area contributed by atoms with Crippen molar-refractivity contribution in [3.63, 3.8) is 0 Å². The molecule has 0 aliphatic heterocycles. The SMILES string of the molecule is CN(C)C(=O)OOC(C)(C)c1ccccc1. The molecule has 0 saturated heterocycles. The van der Waals surface area contributed by atoms with Gasteiger partial charge in [-0.05, 0) is 19.4 Å². The first-order valence-electron chi connectivity index (χ1n) is 5.06. The summed E-state index contributed by atoms with van der Waals surface area (Å²) in [4.78, 5) is 22.4. The van der Waals surface area contributed by atoms with Crippen LogP contribution >= 0.6 is 0 Å². The Labute approximate surface area is 95.7 Å².